The van der Waals surface area contributed by atoms with Crippen LogP contribution in [0.1, 0.15) is 47.5 Å². The maximum absolute atomic E-state index is 6.46. The molecule has 0 saturated heterocycles. The van der Waals surface area contributed by atoms with Crippen molar-refractivity contribution in [2.24, 2.45) is 5.41 Å². The minimum Gasteiger partial charge on any atom is -0.407 e. The van der Waals surface area contributed by atoms with Crippen LogP contribution in [0, 0.1) is 5.41 Å². The number of rotatable bonds is 3. The lowest BCUT2D eigenvalue weighted by molar-refractivity contribution is 0.00494. The molecule has 1 nitrogen and oxygen atoms in total. The van der Waals surface area contributed by atoms with Crippen molar-refractivity contribution in [3.8, 4) is 0 Å². The average molecular weight is 251 g/mol. The smallest absolute Gasteiger partial charge is 0.206 e. The van der Waals surface area contributed by atoms with Gasteiger partial charge in [-0.15, -0.1) is 0 Å². The Morgan fingerprint density at radius 1 is 1.35 bits per heavy atom. The van der Waals surface area contributed by atoms with E-state index in [0.29, 0.717) is 0 Å². The molecule has 1 aliphatic carbocycles. The van der Waals surface area contributed by atoms with E-state index in [9.17, 15) is 0 Å². The van der Waals surface area contributed by atoms with Gasteiger partial charge in [0.1, 0.15) is 0 Å². The number of hydrogen-bond donors (Lipinski definition) is 0. The van der Waals surface area contributed by atoms with Crippen LogP contribution in [0.5, 0.6) is 0 Å². The highest BCUT2D eigenvalue weighted by molar-refractivity contribution is 6.48. The van der Waals surface area contributed by atoms with Crippen LogP contribution in [0.15, 0.2) is 23.3 Å². The Bertz CT molecular complexity index is 346. The quantitative estimate of drug-likeness (QED) is 0.659. The first kappa shape index (κ1) is 14.7. The second-order valence-corrected chi connectivity index (χ2v) is 8.35. The Morgan fingerprint density at radius 3 is 2.18 bits per heavy atom. The molecule has 1 radical (unpaired) electrons. The van der Waals surface area contributed by atoms with Crippen molar-refractivity contribution in [3.05, 3.63) is 23.3 Å². The number of hydrogen-bond acceptors (Lipinski definition) is 1. The van der Waals surface area contributed by atoms with Crippen molar-refractivity contribution in [1.82, 2.24) is 0 Å². The van der Waals surface area contributed by atoms with Gasteiger partial charge in [0, 0.05) is 6.42 Å². The van der Waals surface area contributed by atoms with Crippen LogP contribution in [0.2, 0.25) is 13.1 Å². The van der Waals surface area contributed by atoms with Crippen molar-refractivity contribution in [1.29, 1.82) is 0 Å². The van der Waals surface area contributed by atoms with Gasteiger partial charge < -0.3 is 4.43 Å². The van der Waals surface area contributed by atoms with Crippen LogP contribution in [0.4, 0.5) is 0 Å². The standard InChI is InChI=1S/C15H27OSi/c1-9-13-11(2)10-15(12(13)3,14(4,5)6)16-17(7)8/h2,9-10H2,1,3-8H3. The van der Waals surface area contributed by atoms with Gasteiger partial charge in [-0.3, -0.25) is 0 Å². The molecule has 0 saturated carbocycles. The van der Waals surface area contributed by atoms with Gasteiger partial charge in [-0.25, -0.2) is 0 Å². The van der Waals surface area contributed by atoms with Crippen molar-refractivity contribution in [2.45, 2.75) is 66.2 Å². The van der Waals surface area contributed by atoms with Crippen LogP contribution in [0.25, 0.3) is 0 Å². The largest absolute Gasteiger partial charge is 0.407 e. The zero-order valence-corrected chi connectivity index (χ0v) is 13.5. The molecular formula is C15H27OSi. The molecule has 0 spiro atoms. The van der Waals surface area contributed by atoms with Crippen molar-refractivity contribution >= 4 is 9.04 Å². The van der Waals surface area contributed by atoms with E-state index in [1.807, 2.05) is 0 Å². The van der Waals surface area contributed by atoms with E-state index in [2.05, 4.69) is 54.3 Å². The summed E-state index contributed by atoms with van der Waals surface area (Å²) < 4.78 is 6.46. The second-order valence-electron chi connectivity index (χ2n) is 6.32. The Labute approximate surface area is 109 Å². The fourth-order valence-corrected chi connectivity index (χ4v) is 4.23. The Morgan fingerprint density at radius 2 is 1.88 bits per heavy atom. The minimum absolute atomic E-state index is 0.118. The molecule has 1 unspecified atom stereocenters. The fraction of sp³-hybridized carbons (Fsp3) is 0.733. The summed E-state index contributed by atoms with van der Waals surface area (Å²) in [6.07, 6.45) is 2.04. The molecule has 2 heteroatoms. The first-order chi connectivity index (χ1) is 7.65. The van der Waals surface area contributed by atoms with Crippen LogP contribution < -0.4 is 0 Å². The molecule has 0 aromatic carbocycles. The monoisotopic (exact) mass is 251 g/mol. The molecule has 0 aromatic rings. The predicted octanol–water partition coefficient (Wildman–Crippen LogP) is 4.73. The van der Waals surface area contributed by atoms with Crippen LogP contribution >= 0.6 is 0 Å². The maximum atomic E-state index is 6.46. The molecular weight excluding hydrogens is 224 g/mol. The summed E-state index contributed by atoms with van der Waals surface area (Å²) in [6.45, 7) is 20.0. The molecule has 0 aromatic heterocycles. The Hall–Kier alpha value is -0.343. The van der Waals surface area contributed by atoms with E-state index in [1.165, 1.54) is 16.7 Å². The third-order valence-electron chi connectivity index (χ3n) is 3.89. The predicted molar refractivity (Wildman–Crippen MR) is 77.5 cm³/mol. The highest BCUT2D eigenvalue weighted by atomic mass is 28.3. The highest BCUT2D eigenvalue weighted by Crippen LogP contribution is 2.52. The van der Waals surface area contributed by atoms with Crippen molar-refractivity contribution < 1.29 is 4.43 Å². The minimum atomic E-state index is -0.720. The Kier molecular flexibility index (Phi) is 4.10. The number of allylic oxidation sites excluding steroid dienone is 1. The fourth-order valence-electron chi connectivity index (χ4n) is 3.01. The van der Waals surface area contributed by atoms with Crippen LogP contribution in [0.3, 0.4) is 0 Å². The van der Waals surface area contributed by atoms with Gasteiger partial charge in [-0.05, 0) is 48.6 Å². The molecule has 0 N–H and O–H groups in total. The van der Waals surface area contributed by atoms with Crippen LogP contribution in [-0.2, 0) is 4.43 Å². The maximum Gasteiger partial charge on any atom is 0.206 e. The van der Waals surface area contributed by atoms with E-state index >= 15 is 0 Å². The second kappa shape index (κ2) is 4.73. The molecule has 97 valence electrons. The summed E-state index contributed by atoms with van der Waals surface area (Å²) in [5.41, 5.74) is 4.14. The lowest BCUT2D eigenvalue weighted by Gasteiger charge is -2.45. The van der Waals surface area contributed by atoms with Gasteiger partial charge in [-0.1, -0.05) is 34.3 Å². The molecule has 0 fully saturated rings. The third kappa shape index (κ3) is 2.43. The molecule has 1 aliphatic rings. The summed E-state index contributed by atoms with van der Waals surface area (Å²) in [5, 5.41) is 0. The van der Waals surface area contributed by atoms with Gasteiger partial charge in [0.15, 0.2) is 0 Å². The topological polar surface area (TPSA) is 9.23 Å². The SMILES string of the molecule is C=C1CC(O[Si](C)C)(C(C)(C)C)C(C)=C1CC. The molecule has 0 bridgehead atoms. The zero-order valence-electron chi connectivity index (χ0n) is 12.5. The molecule has 0 heterocycles. The van der Waals surface area contributed by atoms with Gasteiger partial charge in [0.2, 0.25) is 9.04 Å². The van der Waals surface area contributed by atoms with Gasteiger partial charge in [0.25, 0.3) is 0 Å². The molecule has 1 atom stereocenters. The van der Waals surface area contributed by atoms with E-state index in [1.54, 1.807) is 0 Å². The summed E-state index contributed by atoms with van der Waals surface area (Å²) in [6, 6.07) is 0. The summed E-state index contributed by atoms with van der Waals surface area (Å²) in [4.78, 5) is 0. The normalized spacial score (nSPS) is 26.2. The summed E-state index contributed by atoms with van der Waals surface area (Å²) in [7, 11) is -0.720. The highest BCUT2D eigenvalue weighted by Gasteiger charge is 2.49. The van der Waals surface area contributed by atoms with Gasteiger partial charge in [0.05, 0.1) is 5.60 Å². The van der Waals surface area contributed by atoms with E-state index in [0.717, 1.165) is 12.8 Å². The molecule has 0 aliphatic heterocycles. The third-order valence-corrected chi connectivity index (χ3v) is 4.65. The average Bonchev–Trinajstić information content (AvgIpc) is 2.37. The molecule has 17 heavy (non-hydrogen) atoms. The van der Waals surface area contributed by atoms with E-state index < -0.39 is 9.04 Å². The van der Waals surface area contributed by atoms with Gasteiger partial charge >= 0.3 is 0 Å². The van der Waals surface area contributed by atoms with E-state index in [-0.39, 0.29) is 11.0 Å². The summed E-state index contributed by atoms with van der Waals surface area (Å²) in [5.74, 6) is 0. The Balaban J connectivity index is 3.29. The lowest BCUT2D eigenvalue weighted by Crippen LogP contribution is -2.47. The lowest BCUT2D eigenvalue weighted by atomic mass is 9.72. The van der Waals surface area contributed by atoms with Gasteiger partial charge in [-0.2, -0.15) is 0 Å². The van der Waals surface area contributed by atoms with E-state index in [4.69, 9.17) is 4.43 Å². The van der Waals surface area contributed by atoms with Crippen molar-refractivity contribution in [2.75, 3.05) is 0 Å². The molecule has 1 rings (SSSR count). The first-order valence-corrected chi connectivity index (χ1v) is 8.94. The first-order valence-electron chi connectivity index (χ1n) is 6.53. The molecule has 0 amide bonds. The van der Waals surface area contributed by atoms with Crippen LogP contribution in [-0.4, -0.2) is 14.6 Å². The zero-order chi connectivity index (χ0) is 13.4. The van der Waals surface area contributed by atoms with Crippen molar-refractivity contribution in [3.63, 3.8) is 0 Å². The summed E-state index contributed by atoms with van der Waals surface area (Å²) >= 11 is 0.